The molecule has 2 aromatic carbocycles. The van der Waals surface area contributed by atoms with Crippen molar-refractivity contribution in [1.29, 1.82) is 0 Å². The van der Waals surface area contributed by atoms with Crippen LogP contribution in [0.5, 0.6) is 0 Å². The summed E-state index contributed by atoms with van der Waals surface area (Å²) in [6, 6.07) is 12.3. The number of rotatable bonds is 4. The molecule has 1 N–H and O–H groups in total. The summed E-state index contributed by atoms with van der Waals surface area (Å²) < 4.78 is 13.8. The van der Waals surface area contributed by atoms with Gasteiger partial charge in [-0.25, -0.2) is 4.39 Å². The molecule has 0 aromatic heterocycles. The molecule has 1 atom stereocenters. The van der Waals surface area contributed by atoms with Gasteiger partial charge in [-0.15, -0.1) is 0 Å². The molecule has 1 saturated heterocycles. The fourth-order valence-corrected chi connectivity index (χ4v) is 3.16. The number of nitrogens with one attached hydrogen (secondary N) is 1. The van der Waals surface area contributed by atoms with Crippen molar-refractivity contribution in [2.75, 3.05) is 16.8 Å². The first-order valence-electron chi connectivity index (χ1n) is 8.45. The molecule has 3 rings (SSSR count). The van der Waals surface area contributed by atoms with Gasteiger partial charge in [0.05, 0.1) is 11.6 Å². The highest BCUT2D eigenvalue weighted by atomic mass is 19.1. The number of benzene rings is 2. The average molecular weight is 340 g/mol. The molecular formula is C20H21FN2O2. The van der Waals surface area contributed by atoms with E-state index >= 15 is 0 Å². The van der Waals surface area contributed by atoms with Crippen molar-refractivity contribution in [3.05, 3.63) is 59.4 Å². The third-order valence-corrected chi connectivity index (χ3v) is 4.54. The van der Waals surface area contributed by atoms with E-state index in [1.165, 1.54) is 6.07 Å². The third kappa shape index (κ3) is 3.55. The highest BCUT2D eigenvalue weighted by Crippen LogP contribution is 2.29. The van der Waals surface area contributed by atoms with Gasteiger partial charge in [-0.05, 0) is 42.7 Å². The zero-order valence-electron chi connectivity index (χ0n) is 14.4. The van der Waals surface area contributed by atoms with Crippen molar-refractivity contribution < 1.29 is 14.0 Å². The van der Waals surface area contributed by atoms with E-state index in [9.17, 15) is 14.0 Å². The zero-order valence-corrected chi connectivity index (χ0v) is 14.4. The van der Waals surface area contributed by atoms with Crippen LogP contribution in [0, 0.1) is 18.7 Å². The Bertz CT molecular complexity index is 819. The number of carbonyl (C=O) groups is 2. The lowest BCUT2D eigenvalue weighted by Crippen LogP contribution is -2.29. The van der Waals surface area contributed by atoms with Crippen LogP contribution in [0.4, 0.5) is 15.8 Å². The topological polar surface area (TPSA) is 49.4 Å². The summed E-state index contributed by atoms with van der Waals surface area (Å²) in [4.78, 5) is 26.6. The first-order chi connectivity index (χ1) is 12.0. The first kappa shape index (κ1) is 17.1. The summed E-state index contributed by atoms with van der Waals surface area (Å²) >= 11 is 0. The van der Waals surface area contributed by atoms with E-state index in [0.717, 1.165) is 23.2 Å². The van der Waals surface area contributed by atoms with Crippen LogP contribution in [0.15, 0.2) is 42.5 Å². The molecule has 1 aliphatic rings. The van der Waals surface area contributed by atoms with E-state index in [-0.39, 0.29) is 23.9 Å². The lowest BCUT2D eigenvalue weighted by molar-refractivity contribution is -0.122. The molecule has 1 aliphatic heterocycles. The number of halogens is 1. The quantitative estimate of drug-likeness (QED) is 0.923. The first-order valence-corrected chi connectivity index (χ1v) is 8.45. The van der Waals surface area contributed by atoms with E-state index in [1.54, 1.807) is 17.0 Å². The summed E-state index contributed by atoms with van der Waals surface area (Å²) in [5.41, 5.74) is 2.94. The molecule has 5 heteroatoms. The van der Waals surface area contributed by atoms with Crippen LogP contribution in [0.25, 0.3) is 0 Å². The number of nitrogens with zero attached hydrogens (tertiary/aromatic N) is 1. The van der Waals surface area contributed by atoms with Crippen LogP contribution in [-0.2, 0) is 16.0 Å². The van der Waals surface area contributed by atoms with Gasteiger partial charge < -0.3 is 10.2 Å². The lowest BCUT2D eigenvalue weighted by atomic mass is 10.1. The highest BCUT2D eigenvalue weighted by Gasteiger charge is 2.36. The molecule has 0 saturated carbocycles. The predicted molar refractivity (Wildman–Crippen MR) is 96.0 cm³/mol. The molecule has 4 nitrogen and oxygen atoms in total. The van der Waals surface area contributed by atoms with Gasteiger partial charge in [-0.1, -0.05) is 31.2 Å². The molecule has 1 heterocycles. The van der Waals surface area contributed by atoms with Crippen LogP contribution in [0.2, 0.25) is 0 Å². The smallest absolute Gasteiger partial charge is 0.229 e. The number of carbonyl (C=O) groups excluding carboxylic acids is 2. The maximum absolute atomic E-state index is 13.8. The second-order valence-corrected chi connectivity index (χ2v) is 6.36. The van der Waals surface area contributed by atoms with Crippen molar-refractivity contribution in [2.45, 2.75) is 26.7 Å². The van der Waals surface area contributed by atoms with Gasteiger partial charge in [0, 0.05) is 18.7 Å². The van der Waals surface area contributed by atoms with E-state index < -0.39 is 11.7 Å². The molecule has 1 fully saturated rings. The third-order valence-electron chi connectivity index (χ3n) is 4.54. The molecule has 0 spiro atoms. The molecule has 2 amide bonds. The number of aryl methyl sites for hydroxylation is 2. The van der Waals surface area contributed by atoms with E-state index in [0.29, 0.717) is 6.54 Å². The van der Waals surface area contributed by atoms with E-state index in [4.69, 9.17) is 0 Å². The van der Waals surface area contributed by atoms with Crippen molar-refractivity contribution in [3.8, 4) is 0 Å². The number of anilines is 2. The minimum absolute atomic E-state index is 0.0780. The van der Waals surface area contributed by atoms with Gasteiger partial charge >= 0.3 is 0 Å². The maximum Gasteiger partial charge on any atom is 0.229 e. The lowest BCUT2D eigenvalue weighted by Gasteiger charge is -2.20. The summed E-state index contributed by atoms with van der Waals surface area (Å²) in [6.45, 7) is 4.18. The molecule has 0 aliphatic carbocycles. The summed E-state index contributed by atoms with van der Waals surface area (Å²) in [7, 11) is 0. The fourth-order valence-electron chi connectivity index (χ4n) is 3.16. The molecule has 0 radical (unpaired) electrons. The molecule has 1 unspecified atom stereocenters. The standard InChI is InChI=1S/C20H21FN2O2/c1-3-14-6-4-5-7-18(14)23-12-15(11-19(23)24)20(25)22-17-10-13(2)8-9-16(17)21/h4-10,15H,3,11-12H2,1-2H3,(H,22,25). The van der Waals surface area contributed by atoms with Crippen LogP contribution in [0.3, 0.4) is 0 Å². The molecule has 0 bridgehead atoms. The number of para-hydroxylation sites is 1. The van der Waals surface area contributed by atoms with Crippen molar-refractivity contribution in [2.24, 2.45) is 5.92 Å². The van der Waals surface area contributed by atoms with E-state index in [2.05, 4.69) is 5.32 Å². The summed E-state index contributed by atoms with van der Waals surface area (Å²) in [5.74, 6) is -1.37. The molecule has 25 heavy (non-hydrogen) atoms. The van der Waals surface area contributed by atoms with Gasteiger partial charge in [0.15, 0.2) is 0 Å². The van der Waals surface area contributed by atoms with Crippen LogP contribution in [0.1, 0.15) is 24.5 Å². The average Bonchev–Trinajstić information content (AvgIpc) is 3.00. The van der Waals surface area contributed by atoms with Crippen molar-refractivity contribution in [1.82, 2.24) is 0 Å². The Morgan fingerprint density at radius 3 is 2.80 bits per heavy atom. The Balaban J connectivity index is 1.76. The maximum atomic E-state index is 13.8. The SMILES string of the molecule is CCc1ccccc1N1CC(C(=O)Nc2cc(C)ccc2F)CC1=O. The molecule has 130 valence electrons. The number of amides is 2. The minimum Gasteiger partial charge on any atom is -0.323 e. The summed E-state index contributed by atoms with van der Waals surface area (Å²) in [6.07, 6.45) is 0.947. The van der Waals surface area contributed by atoms with Crippen molar-refractivity contribution in [3.63, 3.8) is 0 Å². The van der Waals surface area contributed by atoms with Gasteiger partial charge in [-0.2, -0.15) is 0 Å². The Hall–Kier alpha value is -2.69. The van der Waals surface area contributed by atoms with E-state index in [1.807, 2.05) is 38.1 Å². The normalized spacial score (nSPS) is 17.0. The van der Waals surface area contributed by atoms with Crippen molar-refractivity contribution >= 4 is 23.2 Å². The van der Waals surface area contributed by atoms with Crippen LogP contribution >= 0.6 is 0 Å². The van der Waals surface area contributed by atoms with Gasteiger partial charge in [0.1, 0.15) is 5.82 Å². The zero-order chi connectivity index (χ0) is 18.0. The van der Waals surface area contributed by atoms with Crippen LogP contribution in [-0.4, -0.2) is 18.4 Å². The monoisotopic (exact) mass is 340 g/mol. The Morgan fingerprint density at radius 2 is 2.04 bits per heavy atom. The Kier molecular flexibility index (Phi) is 4.83. The number of hydrogen-bond acceptors (Lipinski definition) is 2. The number of hydrogen-bond donors (Lipinski definition) is 1. The second kappa shape index (κ2) is 7.05. The largest absolute Gasteiger partial charge is 0.323 e. The Labute approximate surface area is 146 Å². The van der Waals surface area contributed by atoms with Crippen LogP contribution < -0.4 is 10.2 Å². The van der Waals surface area contributed by atoms with Gasteiger partial charge in [0.2, 0.25) is 11.8 Å². The summed E-state index contributed by atoms with van der Waals surface area (Å²) in [5, 5.41) is 2.62. The second-order valence-electron chi connectivity index (χ2n) is 6.36. The highest BCUT2D eigenvalue weighted by molar-refractivity contribution is 6.03. The predicted octanol–water partition coefficient (Wildman–Crippen LogP) is 3.69. The minimum atomic E-state index is -0.489. The Morgan fingerprint density at radius 1 is 1.28 bits per heavy atom. The fraction of sp³-hybridized carbons (Fsp3) is 0.300. The molecule has 2 aromatic rings. The van der Waals surface area contributed by atoms with Gasteiger partial charge in [0.25, 0.3) is 0 Å². The molecular weight excluding hydrogens is 319 g/mol. The van der Waals surface area contributed by atoms with Gasteiger partial charge in [-0.3, -0.25) is 9.59 Å².